The van der Waals surface area contributed by atoms with Gasteiger partial charge in [0.25, 0.3) is 0 Å². The summed E-state index contributed by atoms with van der Waals surface area (Å²) in [6.07, 6.45) is 14.1. The summed E-state index contributed by atoms with van der Waals surface area (Å²) >= 11 is 0. The Morgan fingerprint density at radius 2 is 1.35 bits per heavy atom. The number of unbranched alkanes of at least 4 members (excludes halogenated alkanes) is 4. The van der Waals surface area contributed by atoms with E-state index >= 15 is 0 Å². The monoisotopic (exact) mass is 283 g/mol. The van der Waals surface area contributed by atoms with Crippen LogP contribution in [0.4, 0.5) is 0 Å². The Balaban J connectivity index is 4.07. The topological polar surface area (TPSA) is 12.0 Å². The van der Waals surface area contributed by atoms with Crippen molar-refractivity contribution in [1.82, 2.24) is 5.32 Å². The summed E-state index contributed by atoms with van der Waals surface area (Å²) in [5.74, 6) is 2.80. The molecule has 0 rings (SSSR count). The van der Waals surface area contributed by atoms with Crippen molar-refractivity contribution in [1.29, 1.82) is 0 Å². The fourth-order valence-electron chi connectivity index (χ4n) is 3.59. The largest absolute Gasteiger partial charge is 0.320 e. The van der Waals surface area contributed by atoms with E-state index in [1.807, 2.05) is 0 Å². The summed E-state index contributed by atoms with van der Waals surface area (Å²) in [6.45, 7) is 10.8. The summed E-state index contributed by atoms with van der Waals surface area (Å²) in [5.41, 5.74) is 0. The molecule has 20 heavy (non-hydrogen) atoms. The zero-order chi connectivity index (χ0) is 15.2. The Bertz CT molecular complexity index is 190. The first-order valence-corrected chi connectivity index (χ1v) is 9.31. The molecule has 0 aromatic heterocycles. The maximum Gasteiger partial charge on any atom is -0.00519 e. The molecular formula is C19H41N. The van der Waals surface area contributed by atoms with E-state index in [0.29, 0.717) is 0 Å². The van der Waals surface area contributed by atoms with Gasteiger partial charge < -0.3 is 5.32 Å². The predicted molar refractivity (Wildman–Crippen MR) is 93.3 cm³/mol. The lowest BCUT2D eigenvalue weighted by Gasteiger charge is -2.30. The molecule has 3 unspecified atom stereocenters. The van der Waals surface area contributed by atoms with Crippen LogP contribution >= 0.6 is 0 Å². The zero-order valence-electron chi connectivity index (χ0n) is 15.0. The van der Waals surface area contributed by atoms with Crippen molar-refractivity contribution in [3.8, 4) is 0 Å². The van der Waals surface area contributed by atoms with Gasteiger partial charge in [-0.3, -0.25) is 0 Å². The molecule has 0 saturated carbocycles. The van der Waals surface area contributed by atoms with Crippen molar-refractivity contribution in [2.45, 2.75) is 91.9 Å². The lowest BCUT2D eigenvalue weighted by Crippen LogP contribution is -2.20. The first-order chi connectivity index (χ1) is 9.67. The number of hydrogen-bond donors (Lipinski definition) is 1. The van der Waals surface area contributed by atoms with Gasteiger partial charge in [-0.2, -0.15) is 0 Å². The molecule has 0 aromatic carbocycles. The van der Waals surface area contributed by atoms with E-state index in [1.165, 1.54) is 70.8 Å². The molecule has 1 heteroatoms. The third-order valence-electron chi connectivity index (χ3n) is 4.93. The van der Waals surface area contributed by atoms with Gasteiger partial charge in [-0.15, -0.1) is 0 Å². The fraction of sp³-hybridized carbons (Fsp3) is 1.00. The normalized spacial score (nSPS) is 16.1. The van der Waals surface area contributed by atoms with E-state index in [9.17, 15) is 0 Å². The molecule has 0 aliphatic rings. The van der Waals surface area contributed by atoms with Crippen LogP contribution in [0.1, 0.15) is 91.9 Å². The minimum atomic E-state index is 0.919. The van der Waals surface area contributed by atoms with Gasteiger partial charge in [0.2, 0.25) is 0 Å². The smallest absolute Gasteiger partial charge is 0.00519 e. The van der Waals surface area contributed by atoms with Gasteiger partial charge in [0.1, 0.15) is 0 Å². The van der Waals surface area contributed by atoms with Crippen molar-refractivity contribution in [3.63, 3.8) is 0 Å². The minimum Gasteiger partial charge on any atom is -0.320 e. The van der Waals surface area contributed by atoms with Crippen molar-refractivity contribution in [2.75, 3.05) is 13.6 Å². The van der Waals surface area contributed by atoms with Crippen LogP contribution in [0.5, 0.6) is 0 Å². The van der Waals surface area contributed by atoms with Gasteiger partial charge in [-0.05, 0) is 44.2 Å². The number of nitrogens with one attached hydrogen (secondary N) is 1. The van der Waals surface area contributed by atoms with E-state index in [0.717, 1.165) is 17.8 Å². The van der Waals surface area contributed by atoms with Gasteiger partial charge in [0, 0.05) is 0 Å². The lowest BCUT2D eigenvalue weighted by molar-refractivity contribution is 0.207. The van der Waals surface area contributed by atoms with Crippen molar-refractivity contribution >= 4 is 0 Å². The molecule has 0 bridgehead atoms. The van der Waals surface area contributed by atoms with Crippen LogP contribution < -0.4 is 5.32 Å². The highest BCUT2D eigenvalue weighted by atomic mass is 14.8. The second kappa shape index (κ2) is 13.9. The van der Waals surface area contributed by atoms with E-state index in [-0.39, 0.29) is 0 Å². The van der Waals surface area contributed by atoms with Crippen molar-refractivity contribution in [3.05, 3.63) is 0 Å². The quantitative estimate of drug-likeness (QED) is 0.383. The van der Waals surface area contributed by atoms with E-state index in [2.05, 4.69) is 40.1 Å². The molecule has 122 valence electrons. The lowest BCUT2D eigenvalue weighted by atomic mass is 9.76. The fourth-order valence-corrected chi connectivity index (χ4v) is 3.59. The van der Waals surface area contributed by atoms with Crippen LogP contribution in [-0.2, 0) is 0 Å². The number of rotatable bonds is 14. The summed E-state index contributed by atoms with van der Waals surface area (Å²) in [4.78, 5) is 0. The summed E-state index contributed by atoms with van der Waals surface area (Å²) < 4.78 is 0. The van der Waals surface area contributed by atoms with Crippen LogP contribution in [0.2, 0.25) is 0 Å². The molecule has 1 nitrogen and oxygen atoms in total. The molecule has 0 aliphatic heterocycles. The molecular weight excluding hydrogens is 242 g/mol. The SMILES string of the molecule is CCCCCC(C(C)CCC)C(C)CCCCCNC. The maximum atomic E-state index is 3.25. The highest BCUT2D eigenvalue weighted by molar-refractivity contribution is 4.73. The molecule has 3 atom stereocenters. The van der Waals surface area contributed by atoms with Crippen LogP contribution in [-0.4, -0.2) is 13.6 Å². The average Bonchev–Trinajstić information content (AvgIpc) is 2.43. The second-order valence-corrected chi connectivity index (χ2v) is 6.86. The first-order valence-electron chi connectivity index (χ1n) is 9.31. The Kier molecular flexibility index (Phi) is 13.9. The van der Waals surface area contributed by atoms with Crippen LogP contribution in [0.3, 0.4) is 0 Å². The standard InChI is InChI=1S/C19H41N/c1-6-8-10-15-19(17(3)13-7-2)18(4)14-11-9-12-16-20-5/h17-20H,6-16H2,1-5H3. The first kappa shape index (κ1) is 20.0. The molecule has 0 fully saturated rings. The molecule has 0 radical (unpaired) electrons. The highest BCUT2D eigenvalue weighted by Gasteiger charge is 2.22. The molecule has 0 saturated heterocycles. The Morgan fingerprint density at radius 3 is 1.95 bits per heavy atom. The molecule has 0 heterocycles. The third kappa shape index (κ3) is 9.80. The Morgan fingerprint density at radius 1 is 0.700 bits per heavy atom. The van der Waals surface area contributed by atoms with E-state index in [1.54, 1.807) is 0 Å². The van der Waals surface area contributed by atoms with Crippen LogP contribution in [0.15, 0.2) is 0 Å². The predicted octanol–water partition coefficient (Wildman–Crippen LogP) is 6.04. The Hall–Kier alpha value is -0.0400. The molecule has 0 spiro atoms. The van der Waals surface area contributed by atoms with Gasteiger partial charge in [0.05, 0.1) is 0 Å². The average molecular weight is 284 g/mol. The zero-order valence-corrected chi connectivity index (χ0v) is 15.0. The van der Waals surface area contributed by atoms with Gasteiger partial charge >= 0.3 is 0 Å². The summed E-state index contributed by atoms with van der Waals surface area (Å²) in [7, 11) is 2.05. The maximum absolute atomic E-state index is 3.25. The summed E-state index contributed by atoms with van der Waals surface area (Å²) in [6, 6.07) is 0. The molecule has 1 N–H and O–H groups in total. The van der Waals surface area contributed by atoms with Crippen LogP contribution in [0, 0.1) is 17.8 Å². The molecule has 0 amide bonds. The van der Waals surface area contributed by atoms with E-state index < -0.39 is 0 Å². The number of hydrogen-bond acceptors (Lipinski definition) is 1. The minimum absolute atomic E-state index is 0.919. The van der Waals surface area contributed by atoms with Gasteiger partial charge in [-0.25, -0.2) is 0 Å². The van der Waals surface area contributed by atoms with Gasteiger partial charge in [0.15, 0.2) is 0 Å². The van der Waals surface area contributed by atoms with Crippen molar-refractivity contribution in [2.24, 2.45) is 17.8 Å². The van der Waals surface area contributed by atoms with Crippen LogP contribution in [0.25, 0.3) is 0 Å². The molecule has 0 aliphatic carbocycles. The third-order valence-corrected chi connectivity index (χ3v) is 4.93. The Labute approximate surface area is 129 Å². The highest BCUT2D eigenvalue weighted by Crippen LogP contribution is 2.32. The van der Waals surface area contributed by atoms with Crippen molar-refractivity contribution < 1.29 is 0 Å². The van der Waals surface area contributed by atoms with Gasteiger partial charge in [-0.1, -0.05) is 79.1 Å². The summed E-state index contributed by atoms with van der Waals surface area (Å²) in [5, 5.41) is 3.25. The van der Waals surface area contributed by atoms with E-state index in [4.69, 9.17) is 0 Å². The molecule has 0 aromatic rings. The second-order valence-electron chi connectivity index (χ2n) is 6.86.